The van der Waals surface area contributed by atoms with E-state index in [0.717, 1.165) is 17.8 Å². The number of Topliss-reactive ketones (excluding diaryl/α,β-unsaturated/α-hetero) is 1. The van der Waals surface area contributed by atoms with Gasteiger partial charge >= 0.3 is 6.18 Å². The Hall–Kier alpha value is -4.34. The summed E-state index contributed by atoms with van der Waals surface area (Å²) < 4.78 is 55.3. The molecule has 1 aliphatic rings. The lowest BCUT2D eigenvalue weighted by Crippen LogP contribution is -2.45. The van der Waals surface area contributed by atoms with E-state index in [0.29, 0.717) is 22.6 Å². The minimum absolute atomic E-state index is 0.140. The fourth-order valence-electron chi connectivity index (χ4n) is 5.22. The van der Waals surface area contributed by atoms with Gasteiger partial charge in [-0.2, -0.15) is 22.7 Å². The maximum Gasteiger partial charge on any atom is 0.416 e. The highest BCUT2D eigenvalue weighted by atomic mass is 19.4. The topological polar surface area (TPSA) is 68.1 Å². The zero-order valence-corrected chi connectivity index (χ0v) is 21.1. The summed E-state index contributed by atoms with van der Waals surface area (Å²) >= 11 is 0. The molecule has 2 aromatic heterocycles. The summed E-state index contributed by atoms with van der Waals surface area (Å²) in [5.41, 5.74) is 1.42. The van der Waals surface area contributed by atoms with E-state index in [-0.39, 0.29) is 24.4 Å². The second-order valence-corrected chi connectivity index (χ2v) is 9.36. The molecule has 0 radical (unpaired) electrons. The van der Waals surface area contributed by atoms with Gasteiger partial charge in [-0.25, -0.2) is 9.67 Å². The molecule has 0 saturated heterocycles. The molecule has 6 nitrogen and oxygen atoms in total. The summed E-state index contributed by atoms with van der Waals surface area (Å²) in [6, 6.07) is 16.1. The molecule has 0 spiro atoms. The predicted molar refractivity (Wildman–Crippen MR) is 136 cm³/mol. The molecule has 3 heterocycles. The number of aromatic nitrogens is 3. The number of carbonyl (C=O) groups is 2. The van der Waals surface area contributed by atoms with Gasteiger partial charge in [0, 0.05) is 36.2 Å². The van der Waals surface area contributed by atoms with Gasteiger partial charge in [-0.3, -0.25) is 14.5 Å². The van der Waals surface area contributed by atoms with E-state index < -0.39 is 35.3 Å². The van der Waals surface area contributed by atoms with Crippen molar-refractivity contribution in [1.82, 2.24) is 14.8 Å². The number of benzene rings is 2. The number of nitrogens with zero attached hydrogens (tertiary/aromatic N) is 4. The zero-order chi connectivity index (χ0) is 27.9. The molecular formula is C29H24F4N4O2. The van der Waals surface area contributed by atoms with Gasteiger partial charge in [-0.05, 0) is 49.7 Å². The van der Waals surface area contributed by atoms with E-state index in [1.165, 1.54) is 30.5 Å². The fraction of sp³-hybridized carbons (Fsp3) is 0.241. The first-order valence-corrected chi connectivity index (χ1v) is 12.4. The second kappa shape index (κ2) is 10.1. The van der Waals surface area contributed by atoms with Crippen LogP contribution in [0, 0.1) is 18.8 Å². The first-order valence-electron chi connectivity index (χ1n) is 12.4. The number of hydrogen-bond donors (Lipinski definition) is 0. The highest BCUT2D eigenvalue weighted by molar-refractivity contribution is 6.04. The van der Waals surface area contributed by atoms with E-state index in [4.69, 9.17) is 5.10 Å². The average molecular weight is 537 g/mol. The number of hydrogen-bond acceptors (Lipinski definition) is 4. The van der Waals surface area contributed by atoms with Crippen molar-refractivity contribution in [3.05, 3.63) is 107 Å². The Morgan fingerprint density at radius 1 is 1.03 bits per heavy atom. The summed E-state index contributed by atoms with van der Waals surface area (Å²) in [4.78, 5) is 32.7. The third-order valence-corrected chi connectivity index (χ3v) is 6.98. The normalized spacial score (nSPS) is 17.3. The lowest BCUT2D eigenvalue weighted by molar-refractivity contribution is -0.137. The van der Waals surface area contributed by atoms with Gasteiger partial charge in [-0.15, -0.1) is 0 Å². The highest BCUT2D eigenvalue weighted by Gasteiger charge is 2.45. The predicted octanol–water partition coefficient (Wildman–Crippen LogP) is 6.12. The van der Waals surface area contributed by atoms with Crippen LogP contribution in [0.3, 0.4) is 0 Å². The third kappa shape index (κ3) is 4.82. The Balaban J connectivity index is 1.65. The first kappa shape index (κ1) is 26.3. The van der Waals surface area contributed by atoms with Crippen LogP contribution in [-0.2, 0) is 11.0 Å². The molecule has 2 atom stereocenters. The molecule has 1 amide bonds. The smallest absolute Gasteiger partial charge is 0.296 e. The van der Waals surface area contributed by atoms with Gasteiger partial charge in [0.1, 0.15) is 5.82 Å². The Morgan fingerprint density at radius 2 is 1.77 bits per heavy atom. The number of rotatable bonds is 6. The molecule has 39 heavy (non-hydrogen) atoms. The van der Waals surface area contributed by atoms with Crippen molar-refractivity contribution < 1.29 is 27.2 Å². The van der Waals surface area contributed by atoms with Crippen molar-refractivity contribution in [1.29, 1.82) is 0 Å². The number of aryl methyl sites for hydroxylation is 1. The molecule has 2 aromatic carbocycles. The average Bonchev–Trinajstić information content (AvgIpc) is 3.26. The van der Waals surface area contributed by atoms with Gasteiger partial charge in [0.05, 0.1) is 22.9 Å². The van der Waals surface area contributed by atoms with Crippen molar-refractivity contribution in [3.8, 4) is 5.69 Å². The van der Waals surface area contributed by atoms with E-state index in [2.05, 4.69) is 4.98 Å². The van der Waals surface area contributed by atoms with Gasteiger partial charge < -0.3 is 0 Å². The molecule has 10 heteroatoms. The number of anilines is 1. The van der Waals surface area contributed by atoms with Crippen LogP contribution >= 0.6 is 0 Å². The van der Waals surface area contributed by atoms with Crippen LogP contribution in [0.1, 0.15) is 52.0 Å². The molecular weight excluding hydrogens is 512 g/mol. The number of pyridine rings is 1. The quantitative estimate of drug-likeness (QED) is 0.169. The van der Waals surface area contributed by atoms with E-state index in [9.17, 15) is 27.2 Å². The van der Waals surface area contributed by atoms with Gasteiger partial charge in [-0.1, -0.05) is 36.4 Å². The minimum Gasteiger partial charge on any atom is -0.296 e. The largest absolute Gasteiger partial charge is 0.416 e. The molecule has 200 valence electrons. The van der Waals surface area contributed by atoms with Crippen LogP contribution in [0.2, 0.25) is 0 Å². The lowest BCUT2D eigenvalue weighted by atomic mass is 9.74. The molecule has 0 saturated carbocycles. The summed E-state index contributed by atoms with van der Waals surface area (Å²) in [5.74, 6) is -2.86. The van der Waals surface area contributed by atoms with Crippen LogP contribution in [0.25, 0.3) is 5.69 Å². The van der Waals surface area contributed by atoms with Crippen molar-refractivity contribution >= 4 is 17.5 Å². The lowest BCUT2D eigenvalue weighted by Gasteiger charge is -2.38. The van der Waals surface area contributed by atoms with Crippen LogP contribution in [-0.4, -0.2) is 33.0 Å². The Labute approximate surface area is 221 Å². The molecule has 5 rings (SSSR count). The van der Waals surface area contributed by atoms with E-state index in [1.54, 1.807) is 23.4 Å². The molecule has 0 fully saturated rings. The van der Waals surface area contributed by atoms with Crippen LogP contribution in [0.15, 0.2) is 72.9 Å². The summed E-state index contributed by atoms with van der Waals surface area (Å²) in [6.07, 6.45) is -3.65. The highest BCUT2D eigenvalue weighted by Crippen LogP contribution is 2.47. The standard InChI is InChI=1S/C29H24F4N4O2/c1-3-36-27-25(17(2)35-37(27)21-10-5-4-6-11-21)26(19-12-13-24(30)34-16-19)22(28(36)39)15-23(38)18-8-7-9-20(14-18)29(31,32)33/h4-14,16,22,26H,3,15H2,1-2H3/t22-,26+/m0/s1. The molecule has 0 aliphatic carbocycles. The molecule has 0 bridgehead atoms. The number of para-hydroxylation sites is 1. The van der Waals surface area contributed by atoms with E-state index >= 15 is 0 Å². The third-order valence-electron chi connectivity index (χ3n) is 6.98. The summed E-state index contributed by atoms with van der Waals surface area (Å²) in [5, 5.41) is 4.72. The molecule has 1 aliphatic heterocycles. The number of fused-ring (bicyclic) bond motifs is 1. The maximum absolute atomic E-state index is 14.0. The molecule has 0 unspecified atom stereocenters. The number of carbonyl (C=O) groups excluding carboxylic acids is 2. The number of amides is 1. The Kier molecular flexibility index (Phi) is 6.80. The molecule has 4 aromatic rings. The maximum atomic E-state index is 14.0. The zero-order valence-electron chi connectivity index (χ0n) is 21.1. The van der Waals surface area contributed by atoms with Crippen molar-refractivity contribution in [2.24, 2.45) is 5.92 Å². The fourth-order valence-corrected chi connectivity index (χ4v) is 5.22. The second-order valence-electron chi connectivity index (χ2n) is 9.36. The van der Waals surface area contributed by atoms with E-state index in [1.807, 2.05) is 30.3 Å². The number of ketones is 1. The number of halogens is 4. The van der Waals surface area contributed by atoms with Crippen LogP contribution in [0.5, 0.6) is 0 Å². The van der Waals surface area contributed by atoms with Crippen molar-refractivity contribution in [2.45, 2.75) is 32.4 Å². The van der Waals surface area contributed by atoms with Crippen molar-refractivity contribution in [3.63, 3.8) is 0 Å². The monoisotopic (exact) mass is 536 g/mol. The van der Waals surface area contributed by atoms with Gasteiger partial charge in [0.25, 0.3) is 0 Å². The summed E-state index contributed by atoms with van der Waals surface area (Å²) in [6.45, 7) is 3.86. The van der Waals surface area contributed by atoms with Crippen LogP contribution in [0.4, 0.5) is 23.4 Å². The first-order chi connectivity index (χ1) is 18.6. The number of alkyl halides is 3. The SMILES string of the molecule is CCN1C(=O)[C@@H](CC(=O)c2cccc(C(F)(F)F)c2)[C@@H](c2ccc(F)nc2)c2c(C)nn(-c3ccccc3)c21. The Morgan fingerprint density at radius 3 is 2.41 bits per heavy atom. The van der Waals surface area contributed by atoms with Gasteiger partial charge in [0.2, 0.25) is 11.9 Å². The summed E-state index contributed by atoms with van der Waals surface area (Å²) in [7, 11) is 0. The Bertz CT molecular complexity index is 1530. The van der Waals surface area contributed by atoms with Crippen molar-refractivity contribution in [2.75, 3.05) is 11.4 Å². The molecule has 0 N–H and O–H groups in total. The minimum atomic E-state index is -4.61. The van der Waals surface area contributed by atoms with Crippen LogP contribution < -0.4 is 4.90 Å². The van der Waals surface area contributed by atoms with Gasteiger partial charge in [0.15, 0.2) is 5.78 Å².